The number of rotatable bonds is 2. The van der Waals surface area contributed by atoms with Gasteiger partial charge in [0.1, 0.15) is 11.5 Å². The molecule has 1 aliphatic rings. The van der Waals surface area contributed by atoms with Crippen LogP contribution in [0, 0.1) is 5.41 Å². The van der Waals surface area contributed by atoms with E-state index in [1.54, 1.807) is 0 Å². The summed E-state index contributed by atoms with van der Waals surface area (Å²) < 4.78 is 24.5. The molecule has 0 aliphatic carbocycles. The van der Waals surface area contributed by atoms with Gasteiger partial charge in [-0.1, -0.05) is 87.5 Å². The van der Waals surface area contributed by atoms with Crippen LogP contribution in [0.15, 0.2) is 97.1 Å². The van der Waals surface area contributed by atoms with Crippen LogP contribution >= 0.6 is 0 Å². The molecule has 0 saturated heterocycles. The lowest BCUT2D eigenvalue weighted by Gasteiger charge is -2.20. The van der Waals surface area contributed by atoms with Crippen LogP contribution in [-0.2, 0) is 6.37 Å². The fourth-order valence-electron chi connectivity index (χ4n) is 4.67. The summed E-state index contributed by atoms with van der Waals surface area (Å²) in [5.74, 6) is 1.58. The van der Waals surface area contributed by atoms with Crippen LogP contribution in [0.3, 0.4) is 0 Å². The zero-order chi connectivity index (χ0) is 25.1. The first-order chi connectivity index (χ1) is 17.2. The van der Waals surface area contributed by atoms with E-state index in [2.05, 4.69) is 42.5 Å². The van der Waals surface area contributed by atoms with Crippen molar-refractivity contribution >= 4 is 10.9 Å². The van der Waals surface area contributed by atoms with Crippen molar-refractivity contribution in [3.63, 3.8) is 0 Å². The maximum atomic E-state index is 9.02. The van der Waals surface area contributed by atoms with Crippen LogP contribution in [0.1, 0.15) is 29.1 Å². The first kappa shape index (κ1) is 18.5. The molecule has 0 spiro atoms. The lowest BCUT2D eigenvalue weighted by molar-refractivity contribution is 0.412. The molecule has 0 atom stereocenters. The third kappa shape index (κ3) is 3.66. The fourth-order valence-corrected chi connectivity index (χ4v) is 4.67. The zero-order valence-electron chi connectivity index (χ0n) is 21.6. The predicted octanol–water partition coefficient (Wildman–Crippen LogP) is 8.93. The molecule has 4 aromatic carbocycles. The van der Waals surface area contributed by atoms with Gasteiger partial charge in [0.25, 0.3) is 0 Å². The minimum Gasteiger partial charge on any atom is -0.456 e. The first-order valence-electron chi connectivity index (χ1n) is 12.7. The van der Waals surface area contributed by atoms with Crippen molar-refractivity contribution in [2.75, 3.05) is 0 Å². The van der Waals surface area contributed by atoms with E-state index in [-0.39, 0.29) is 0 Å². The summed E-state index contributed by atoms with van der Waals surface area (Å²) in [6.45, 7) is 5.81. The number of fused-ring (bicyclic) bond motifs is 6. The van der Waals surface area contributed by atoms with Crippen molar-refractivity contribution in [3.8, 4) is 45.0 Å². The van der Waals surface area contributed by atoms with Gasteiger partial charge in [-0.05, 0) is 58.8 Å². The van der Waals surface area contributed by atoms with Crippen LogP contribution in [0.4, 0.5) is 0 Å². The third-order valence-corrected chi connectivity index (χ3v) is 6.12. The molecule has 5 aromatic rings. The highest BCUT2D eigenvalue weighted by Crippen LogP contribution is 2.47. The molecule has 1 aliphatic heterocycles. The summed E-state index contributed by atoms with van der Waals surface area (Å²) in [6, 6.07) is 32.4. The Balaban J connectivity index is 1.57. The Hall–Kier alpha value is -3.91. The molecule has 0 fully saturated rings. The summed E-state index contributed by atoms with van der Waals surface area (Å²) in [5, 5.41) is 0.843. The second-order valence-corrected chi connectivity index (χ2v) is 9.80. The van der Waals surface area contributed by atoms with Gasteiger partial charge in [0.05, 0.1) is 11.2 Å². The van der Waals surface area contributed by atoms with Crippen molar-refractivity contribution in [2.45, 2.75) is 27.1 Å². The van der Waals surface area contributed by atoms with Crippen LogP contribution in [0.25, 0.3) is 44.4 Å². The Bertz CT molecular complexity index is 1630. The Kier molecular flexibility index (Phi) is 4.27. The molecule has 0 amide bonds. The highest BCUT2D eigenvalue weighted by molar-refractivity contribution is 5.92. The number of nitrogens with zero attached hydrogens (tertiary/aromatic N) is 1. The van der Waals surface area contributed by atoms with Gasteiger partial charge in [0, 0.05) is 24.8 Å². The molecule has 2 nitrogen and oxygen atoms in total. The number of hydrogen-bond donors (Lipinski definition) is 0. The van der Waals surface area contributed by atoms with Gasteiger partial charge in [0.2, 0.25) is 0 Å². The lowest BCUT2D eigenvalue weighted by Crippen LogP contribution is -2.10. The van der Waals surface area contributed by atoms with E-state index in [9.17, 15) is 0 Å². The molecule has 2 heteroatoms. The van der Waals surface area contributed by atoms with Gasteiger partial charge < -0.3 is 4.74 Å². The number of para-hydroxylation sites is 2. The number of ether oxygens (including phenoxy) is 1. The Morgan fingerprint density at radius 1 is 0.706 bits per heavy atom. The van der Waals surface area contributed by atoms with Crippen LogP contribution in [-0.4, -0.2) is 4.98 Å². The molecule has 0 unspecified atom stereocenters. The van der Waals surface area contributed by atoms with Gasteiger partial charge in [-0.3, -0.25) is 0 Å². The smallest absolute Gasteiger partial charge is 0.135 e. The van der Waals surface area contributed by atoms with Gasteiger partial charge >= 0.3 is 0 Å². The molecule has 0 radical (unpaired) electrons. The molecule has 0 saturated carbocycles. The van der Waals surface area contributed by atoms with E-state index in [0.717, 1.165) is 55.9 Å². The van der Waals surface area contributed by atoms with E-state index in [4.69, 9.17) is 12.5 Å². The summed E-state index contributed by atoms with van der Waals surface area (Å²) in [6.07, 6.45) is -1.55. The number of hydrogen-bond acceptors (Lipinski definition) is 2. The third-order valence-electron chi connectivity index (χ3n) is 6.12. The van der Waals surface area contributed by atoms with Crippen LogP contribution in [0.5, 0.6) is 11.5 Å². The van der Waals surface area contributed by atoms with Crippen molar-refractivity contribution in [2.24, 2.45) is 5.41 Å². The van der Waals surface area contributed by atoms with Gasteiger partial charge in [-0.15, -0.1) is 0 Å². The number of pyridine rings is 1. The summed E-state index contributed by atoms with van der Waals surface area (Å²) >= 11 is 0. The molecule has 0 bridgehead atoms. The molecule has 0 N–H and O–H groups in total. The van der Waals surface area contributed by atoms with Crippen molar-refractivity contribution in [1.82, 2.24) is 4.98 Å². The highest BCUT2D eigenvalue weighted by Gasteiger charge is 2.21. The fraction of sp³-hybridized carbons (Fsp3) is 0.156. The van der Waals surface area contributed by atoms with Crippen molar-refractivity contribution < 1.29 is 7.48 Å². The van der Waals surface area contributed by atoms with E-state index in [0.29, 0.717) is 5.56 Å². The molecular formula is C32H27NO. The summed E-state index contributed by atoms with van der Waals surface area (Å²) in [7, 11) is 0. The van der Waals surface area contributed by atoms with E-state index in [1.165, 1.54) is 0 Å². The quantitative estimate of drug-likeness (QED) is 0.266. The van der Waals surface area contributed by atoms with E-state index >= 15 is 0 Å². The largest absolute Gasteiger partial charge is 0.456 e. The lowest BCUT2D eigenvalue weighted by atomic mass is 9.86. The van der Waals surface area contributed by atoms with E-state index < -0.39 is 11.8 Å². The predicted molar refractivity (Wildman–Crippen MR) is 141 cm³/mol. The maximum Gasteiger partial charge on any atom is 0.135 e. The Morgan fingerprint density at radius 2 is 1.35 bits per heavy atom. The average Bonchev–Trinajstić information content (AvgIpc) is 3.01. The van der Waals surface area contributed by atoms with Crippen molar-refractivity contribution in [1.29, 1.82) is 0 Å². The molecule has 1 aromatic heterocycles. The summed E-state index contributed by atoms with van der Waals surface area (Å²) in [4.78, 5) is 4.94. The molecule has 6 rings (SSSR count). The topological polar surface area (TPSA) is 22.1 Å². The van der Waals surface area contributed by atoms with Gasteiger partial charge in [0.15, 0.2) is 0 Å². The van der Waals surface area contributed by atoms with Crippen LogP contribution in [0.2, 0.25) is 0 Å². The minimum atomic E-state index is -1.55. The minimum absolute atomic E-state index is 0.585. The van der Waals surface area contributed by atoms with Gasteiger partial charge in [-0.2, -0.15) is 0 Å². The van der Waals surface area contributed by atoms with Crippen molar-refractivity contribution in [3.05, 3.63) is 103 Å². The monoisotopic (exact) mass is 443 g/mol. The number of aromatic nitrogens is 1. The summed E-state index contributed by atoms with van der Waals surface area (Å²) in [5.41, 5.74) is 6.83. The molecular weight excluding hydrogens is 414 g/mol. The normalized spacial score (nSPS) is 13.6. The zero-order valence-corrected chi connectivity index (χ0v) is 19.6. The molecule has 34 heavy (non-hydrogen) atoms. The maximum absolute atomic E-state index is 9.02. The van der Waals surface area contributed by atoms with E-state index in [1.807, 2.05) is 75.4 Å². The Morgan fingerprint density at radius 3 is 2.12 bits per heavy atom. The first-order valence-corrected chi connectivity index (χ1v) is 11.7. The molecule has 166 valence electrons. The molecule has 2 heterocycles. The Labute approximate surface area is 203 Å². The highest BCUT2D eigenvalue weighted by atomic mass is 16.5. The average molecular weight is 444 g/mol. The second-order valence-electron chi connectivity index (χ2n) is 9.80. The standard InChI is InChI=1S/C32H27NO/c1-32(2,3)20-22-18-29(33-28-14-8-6-10-23(22)28)21-16-17-27-25-12-5-4-11-24(25)26-13-7-9-15-30(26)34-31(27)19-21/h4-19H,20H2,1-3H3/i20D2. The van der Waals surface area contributed by atoms with Gasteiger partial charge in [-0.25, -0.2) is 4.98 Å². The SMILES string of the molecule is [2H]C([2H])(c1cc(-c2ccc3c(c2)Oc2ccccc2-c2ccccc2-3)nc2ccccc12)C(C)(C)C. The van der Waals surface area contributed by atoms with Crippen LogP contribution < -0.4 is 4.74 Å². The second kappa shape index (κ2) is 7.85. The number of benzene rings is 4.